The van der Waals surface area contributed by atoms with Crippen LogP contribution in [0, 0.1) is 0 Å². The Hall–Kier alpha value is -1.36. The van der Waals surface area contributed by atoms with E-state index in [9.17, 15) is 9.00 Å². The number of hydrogen-bond acceptors (Lipinski definition) is 3. The summed E-state index contributed by atoms with van der Waals surface area (Å²) in [5.74, 6) is -0.195. The van der Waals surface area contributed by atoms with Crippen molar-refractivity contribution < 1.29 is 9.00 Å². The van der Waals surface area contributed by atoms with E-state index in [1.54, 1.807) is 42.5 Å². The van der Waals surface area contributed by atoms with Gasteiger partial charge in [-0.05, 0) is 24.3 Å². The summed E-state index contributed by atoms with van der Waals surface area (Å²) in [5.41, 5.74) is 1.70. The number of para-hydroxylation sites is 1. The molecule has 6 heteroatoms. The predicted molar refractivity (Wildman–Crippen MR) is 89.5 cm³/mol. The van der Waals surface area contributed by atoms with Crippen LogP contribution in [0.5, 0.6) is 0 Å². The molecule has 0 aliphatic carbocycles. The Morgan fingerprint density at radius 1 is 1.10 bits per heavy atom. The second-order valence-electron chi connectivity index (χ2n) is 4.41. The highest BCUT2D eigenvalue weighted by molar-refractivity contribution is 7.85. The summed E-state index contributed by atoms with van der Waals surface area (Å²) in [6, 6.07) is 12.2. The van der Waals surface area contributed by atoms with Crippen LogP contribution in [0.25, 0.3) is 0 Å². The highest BCUT2D eigenvalue weighted by Gasteiger charge is 2.13. The molecule has 2 aromatic rings. The van der Waals surface area contributed by atoms with Gasteiger partial charge in [0.2, 0.25) is 0 Å². The minimum Gasteiger partial charge on any atom is -0.354 e. The molecule has 1 N–H and O–H groups in total. The second-order valence-corrected chi connectivity index (χ2v) is 6.63. The second kappa shape index (κ2) is 7.07. The first-order valence-corrected chi connectivity index (χ1v) is 8.60. The summed E-state index contributed by atoms with van der Waals surface area (Å²) in [6.07, 6.45) is 1.50. The fourth-order valence-corrected chi connectivity index (χ4v) is 2.72. The van der Waals surface area contributed by atoms with Crippen LogP contribution in [0.2, 0.25) is 10.0 Å². The zero-order chi connectivity index (χ0) is 15.4. The van der Waals surface area contributed by atoms with Crippen molar-refractivity contribution in [1.29, 1.82) is 0 Å². The number of carbonyl (C=O) groups is 1. The van der Waals surface area contributed by atoms with E-state index in [0.717, 1.165) is 0 Å². The van der Waals surface area contributed by atoms with E-state index in [2.05, 4.69) is 5.32 Å². The molecule has 0 spiro atoms. The van der Waals surface area contributed by atoms with Crippen LogP contribution >= 0.6 is 23.2 Å². The predicted octanol–water partition coefficient (Wildman–Crippen LogP) is 4.30. The van der Waals surface area contributed by atoms with Gasteiger partial charge in [-0.1, -0.05) is 41.4 Å². The van der Waals surface area contributed by atoms with E-state index in [4.69, 9.17) is 23.2 Å². The lowest BCUT2D eigenvalue weighted by molar-refractivity contribution is 0.102. The van der Waals surface area contributed by atoms with Gasteiger partial charge in [0.05, 0.1) is 21.5 Å². The van der Waals surface area contributed by atoms with Crippen LogP contribution in [0.1, 0.15) is 10.4 Å². The SMILES string of the molecule is CS(=O)CC(=O)c1ccccc1Nc1cccc(Cl)c1Cl. The zero-order valence-electron chi connectivity index (χ0n) is 11.2. The summed E-state index contributed by atoms with van der Waals surface area (Å²) >= 11 is 12.1. The average molecular weight is 342 g/mol. The fourth-order valence-electron chi connectivity index (χ4n) is 1.84. The molecule has 0 aromatic heterocycles. The Labute approximate surface area is 135 Å². The van der Waals surface area contributed by atoms with Gasteiger partial charge in [-0.3, -0.25) is 9.00 Å². The van der Waals surface area contributed by atoms with Crippen LogP contribution < -0.4 is 5.32 Å². The monoisotopic (exact) mass is 341 g/mol. The largest absolute Gasteiger partial charge is 0.354 e. The number of Topliss-reactive ketones (excluding diaryl/α,β-unsaturated/α-hetero) is 1. The lowest BCUT2D eigenvalue weighted by Crippen LogP contribution is -2.11. The van der Waals surface area contributed by atoms with Crippen LogP contribution in [0.15, 0.2) is 42.5 Å². The van der Waals surface area contributed by atoms with E-state index in [-0.39, 0.29) is 11.5 Å². The topological polar surface area (TPSA) is 46.2 Å². The maximum Gasteiger partial charge on any atom is 0.177 e. The van der Waals surface area contributed by atoms with Crippen molar-refractivity contribution >= 4 is 51.2 Å². The summed E-state index contributed by atoms with van der Waals surface area (Å²) < 4.78 is 11.2. The number of ketones is 1. The summed E-state index contributed by atoms with van der Waals surface area (Å²) in [7, 11) is -1.18. The van der Waals surface area contributed by atoms with E-state index in [1.165, 1.54) is 6.26 Å². The van der Waals surface area contributed by atoms with Crippen LogP contribution in [0.3, 0.4) is 0 Å². The zero-order valence-corrected chi connectivity index (χ0v) is 13.6. The van der Waals surface area contributed by atoms with Crippen molar-refractivity contribution in [3.05, 3.63) is 58.1 Å². The molecule has 0 saturated heterocycles. The number of halogens is 2. The Balaban J connectivity index is 2.34. The number of carbonyl (C=O) groups excluding carboxylic acids is 1. The molecule has 0 heterocycles. The third kappa shape index (κ3) is 4.06. The van der Waals surface area contributed by atoms with Gasteiger partial charge in [-0.15, -0.1) is 0 Å². The average Bonchev–Trinajstić information content (AvgIpc) is 2.43. The van der Waals surface area contributed by atoms with Gasteiger partial charge >= 0.3 is 0 Å². The van der Waals surface area contributed by atoms with Gasteiger partial charge in [0, 0.05) is 28.3 Å². The number of hydrogen-bond donors (Lipinski definition) is 1. The van der Waals surface area contributed by atoms with E-state index >= 15 is 0 Å². The molecule has 0 bridgehead atoms. The first-order chi connectivity index (χ1) is 9.99. The standard InChI is InChI=1S/C15H13Cl2NO2S/c1-21(20)9-14(19)10-5-2-3-7-12(10)18-13-8-4-6-11(16)15(13)17/h2-8,18H,9H2,1H3. The lowest BCUT2D eigenvalue weighted by Gasteiger charge is -2.12. The van der Waals surface area contributed by atoms with Gasteiger partial charge < -0.3 is 5.32 Å². The summed E-state index contributed by atoms with van der Waals surface area (Å²) in [5, 5.41) is 3.92. The fraction of sp³-hybridized carbons (Fsp3) is 0.133. The number of anilines is 2. The van der Waals surface area contributed by atoms with Crippen molar-refractivity contribution in [2.45, 2.75) is 0 Å². The highest BCUT2D eigenvalue weighted by atomic mass is 35.5. The lowest BCUT2D eigenvalue weighted by atomic mass is 10.1. The molecular weight excluding hydrogens is 329 g/mol. The number of benzene rings is 2. The molecule has 1 unspecified atom stereocenters. The van der Waals surface area contributed by atoms with Crippen molar-refractivity contribution in [1.82, 2.24) is 0 Å². The molecule has 0 aliphatic heterocycles. The molecule has 3 nitrogen and oxygen atoms in total. The van der Waals surface area contributed by atoms with Crippen molar-refractivity contribution in [3.63, 3.8) is 0 Å². The van der Waals surface area contributed by atoms with Crippen molar-refractivity contribution in [3.8, 4) is 0 Å². The number of nitrogens with one attached hydrogen (secondary N) is 1. The highest BCUT2D eigenvalue weighted by Crippen LogP contribution is 2.32. The summed E-state index contributed by atoms with van der Waals surface area (Å²) in [6.45, 7) is 0. The Morgan fingerprint density at radius 2 is 1.76 bits per heavy atom. The van der Waals surface area contributed by atoms with E-state index in [1.807, 2.05) is 0 Å². The maximum atomic E-state index is 12.1. The van der Waals surface area contributed by atoms with Gasteiger partial charge in [0.1, 0.15) is 0 Å². The first kappa shape index (κ1) is 16.0. The molecule has 0 amide bonds. The quantitative estimate of drug-likeness (QED) is 0.824. The number of rotatable bonds is 5. The van der Waals surface area contributed by atoms with Gasteiger partial charge in [-0.25, -0.2) is 0 Å². The molecule has 21 heavy (non-hydrogen) atoms. The molecule has 0 fully saturated rings. The normalized spacial score (nSPS) is 12.0. The van der Waals surface area contributed by atoms with E-state index < -0.39 is 10.8 Å². The third-order valence-corrected chi connectivity index (χ3v) is 4.27. The minimum absolute atomic E-state index is 0.0119. The van der Waals surface area contributed by atoms with Crippen molar-refractivity contribution in [2.24, 2.45) is 0 Å². The molecule has 0 radical (unpaired) electrons. The van der Waals surface area contributed by atoms with Gasteiger partial charge in [0.15, 0.2) is 5.78 Å². The smallest absolute Gasteiger partial charge is 0.177 e. The van der Waals surface area contributed by atoms with Gasteiger partial charge in [0.25, 0.3) is 0 Å². The molecule has 2 aromatic carbocycles. The molecular formula is C15H13Cl2NO2S. The Bertz CT molecular complexity index is 704. The van der Waals surface area contributed by atoms with Crippen molar-refractivity contribution in [2.75, 3.05) is 17.3 Å². The Morgan fingerprint density at radius 3 is 2.48 bits per heavy atom. The van der Waals surface area contributed by atoms with Crippen LogP contribution in [-0.4, -0.2) is 22.0 Å². The summed E-state index contributed by atoms with van der Waals surface area (Å²) in [4.78, 5) is 12.1. The first-order valence-electron chi connectivity index (χ1n) is 6.12. The molecule has 0 saturated carbocycles. The third-order valence-electron chi connectivity index (χ3n) is 2.78. The minimum atomic E-state index is -1.18. The molecule has 1 atom stereocenters. The Kier molecular flexibility index (Phi) is 5.39. The molecule has 110 valence electrons. The van der Waals surface area contributed by atoms with Crippen LogP contribution in [0.4, 0.5) is 11.4 Å². The molecule has 2 rings (SSSR count). The maximum absolute atomic E-state index is 12.1. The molecule has 0 aliphatic rings. The van der Waals surface area contributed by atoms with Gasteiger partial charge in [-0.2, -0.15) is 0 Å². The van der Waals surface area contributed by atoms with E-state index in [0.29, 0.717) is 27.0 Å². The van der Waals surface area contributed by atoms with Crippen LogP contribution in [-0.2, 0) is 10.8 Å².